The van der Waals surface area contributed by atoms with E-state index in [0.29, 0.717) is 33.9 Å². The van der Waals surface area contributed by atoms with E-state index in [0.717, 1.165) is 11.1 Å². The number of para-hydroxylation sites is 2. The Labute approximate surface area is 232 Å². The number of benzene rings is 4. The van der Waals surface area contributed by atoms with Crippen molar-refractivity contribution in [1.29, 1.82) is 5.26 Å². The molecule has 0 bridgehead atoms. The highest BCUT2D eigenvalue weighted by atomic mass is 16.5. The average Bonchev–Trinajstić information content (AvgIpc) is 2.97. The van der Waals surface area contributed by atoms with Gasteiger partial charge in [-0.05, 0) is 58.7 Å². The number of esters is 1. The Bertz CT molecular complexity index is 1530. The van der Waals surface area contributed by atoms with Crippen LogP contribution in [0.25, 0.3) is 11.1 Å². The molecule has 1 aliphatic rings. The van der Waals surface area contributed by atoms with E-state index < -0.39 is 35.6 Å². The van der Waals surface area contributed by atoms with E-state index in [2.05, 4.69) is 6.07 Å². The van der Waals surface area contributed by atoms with Gasteiger partial charge in [-0.1, -0.05) is 60.7 Å². The molecule has 1 saturated carbocycles. The first kappa shape index (κ1) is 26.5. The second kappa shape index (κ2) is 11.3. The lowest BCUT2D eigenvalue weighted by molar-refractivity contribution is -0.158. The minimum Gasteiger partial charge on any atom is -0.496 e. The number of carbonyl (C=O) groups is 2. The molecule has 0 saturated heterocycles. The fourth-order valence-corrected chi connectivity index (χ4v) is 5.67. The van der Waals surface area contributed by atoms with Crippen LogP contribution < -0.4 is 14.2 Å². The van der Waals surface area contributed by atoms with Crippen LogP contribution in [-0.2, 0) is 9.59 Å². The summed E-state index contributed by atoms with van der Waals surface area (Å²) in [5.74, 6) is -3.28. The van der Waals surface area contributed by atoms with Crippen LogP contribution in [0.15, 0.2) is 97.1 Å². The number of hydrogen-bond donors (Lipinski definition) is 1. The molecular formula is C33H27NO6. The summed E-state index contributed by atoms with van der Waals surface area (Å²) in [4.78, 5) is 26.6. The van der Waals surface area contributed by atoms with E-state index in [-0.39, 0.29) is 0 Å². The molecule has 0 heterocycles. The van der Waals surface area contributed by atoms with Gasteiger partial charge >= 0.3 is 11.9 Å². The molecule has 7 nitrogen and oxygen atoms in total. The summed E-state index contributed by atoms with van der Waals surface area (Å²) in [5.41, 5.74) is 3.50. The third-order valence-corrected chi connectivity index (χ3v) is 7.50. The Morgan fingerprint density at radius 3 is 1.82 bits per heavy atom. The molecule has 0 aromatic heterocycles. The average molecular weight is 534 g/mol. The molecule has 0 aliphatic heterocycles. The van der Waals surface area contributed by atoms with Crippen molar-refractivity contribution in [2.45, 2.75) is 11.8 Å². The minimum atomic E-state index is -1.02. The van der Waals surface area contributed by atoms with Gasteiger partial charge < -0.3 is 19.3 Å². The molecule has 1 N–H and O–H groups in total. The number of nitrogens with zero attached hydrogens (tertiary/aromatic N) is 1. The number of nitriles is 1. The van der Waals surface area contributed by atoms with Gasteiger partial charge in [0.15, 0.2) is 0 Å². The molecule has 5 rings (SSSR count). The second-order valence-electron chi connectivity index (χ2n) is 9.56. The molecule has 2 atom stereocenters. The molecule has 0 radical (unpaired) electrons. The van der Waals surface area contributed by atoms with Gasteiger partial charge in [0.2, 0.25) is 0 Å². The summed E-state index contributed by atoms with van der Waals surface area (Å²) in [6.45, 7) is 0. The molecule has 40 heavy (non-hydrogen) atoms. The predicted octanol–water partition coefficient (Wildman–Crippen LogP) is 6.05. The van der Waals surface area contributed by atoms with Crippen LogP contribution in [0.4, 0.5) is 0 Å². The first-order chi connectivity index (χ1) is 19.5. The van der Waals surface area contributed by atoms with Gasteiger partial charge in [0, 0.05) is 11.8 Å². The van der Waals surface area contributed by atoms with E-state index in [1.165, 1.54) is 14.2 Å². The van der Waals surface area contributed by atoms with E-state index in [9.17, 15) is 14.7 Å². The van der Waals surface area contributed by atoms with Crippen LogP contribution in [0.2, 0.25) is 0 Å². The van der Waals surface area contributed by atoms with E-state index in [1.54, 1.807) is 78.9 Å². The molecule has 0 spiro atoms. The Balaban J connectivity index is 1.54. The number of hydrogen-bond acceptors (Lipinski definition) is 6. The first-order valence-electron chi connectivity index (χ1n) is 12.8. The molecule has 4 aromatic rings. The third-order valence-electron chi connectivity index (χ3n) is 7.50. The van der Waals surface area contributed by atoms with Crippen molar-refractivity contribution in [2.24, 2.45) is 11.8 Å². The lowest BCUT2D eigenvalue weighted by atomic mass is 9.52. The fraction of sp³-hybridized carbons (Fsp3) is 0.182. The lowest BCUT2D eigenvalue weighted by Crippen LogP contribution is -2.52. The SMILES string of the molecule is COc1ccccc1[C@@H]1C(C(=O)O)[C@@H](c2ccccc2OC)C1C(=O)Oc1cccc(-c2ccc(C#N)cc2)c1. The highest BCUT2D eigenvalue weighted by Crippen LogP contribution is 2.60. The zero-order valence-electron chi connectivity index (χ0n) is 22.0. The summed E-state index contributed by atoms with van der Waals surface area (Å²) < 4.78 is 17.0. The maximum Gasteiger partial charge on any atom is 0.315 e. The summed E-state index contributed by atoms with van der Waals surface area (Å²) in [7, 11) is 3.04. The maximum atomic E-state index is 13.9. The molecule has 200 valence electrons. The molecular weight excluding hydrogens is 506 g/mol. The van der Waals surface area contributed by atoms with Crippen LogP contribution in [0, 0.1) is 23.2 Å². The van der Waals surface area contributed by atoms with Crippen LogP contribution in [0.1, 0.15) is 28.5 Å². The van der Waals surface area contributed by atoms with Gasteiger partial charge in [0.1, 0.15) is 17.2 Å². The minimum absolute atomic E-state index is 0.336. The van der Waals surface area contributed by atoms with Crippen LogP contribution in [0.3, 0.4) is 0 Å². The van der Waals surface area contributed by atoms with Crippen molar-refractivity contribution >= 4 is 11.9 Å². The standard InChI is InChI=1S/C33H27NO6/c1-38-26-12-5-3-10-24(26)28-30(32(35)36)29(25-11-4-6-13-27(25)39-2)31(28)33(37)40-23-9-7-8-22(18-23)21-16-14-20(19-34)15-17-21/h3-18,28-31H,1-2H3,(H,35,36)/t28-,29-,30?,31?/m1/s1. The topological polar surface area (TPSA) is 106 Å². The molecule has 4 aromatic carbocycles. The molecule has 0 unspecified atom stereocenters. The number of ether oxygens (including phenoxy) is 3. The molecule has 7 heteroatoms. The van der Waals surface area contributed by atoms with Crippen LogP contribution in [0.5, 0.6) is 17.2 Å². The Kier molecular flexibility index (Phi) is 7.52. The number of aliphatic carboxylic acids is 1. The van der Waals surface area contributed by atoms with Crippen molar-refractivity contribution in [1.82, 2.24) is 0 Å². The number of carbonyl (C=O) groups excluding carboxylic acids is 1. The Morgan fingerprint density at radius 2 is 1.30 bits per heavy atom. The molecule has 1 fully saturated rings. The Morgan fingerprint density at radius 1 is 0.725 bits per heavy atom. The predicted molar refractivity (Wildman–Crippen MR) is 148 cm³/mol. The summed E-state index contributed by atoms with van der Waals surface area (Å²) >= 11 is 0. The van der Waals surface area contributed by atoms with Crippen molar-refractivity contribution in [3.63, 3.8) is 0 Å². The van der Waals surface area contributed by atoms with E-state index >= 15 is 0 Å². The van der Waals surface area contributed by atoms with Crippen molar-refractivity contribution in [3.8, 4) is 34.4 Å². The fourth-order valence-electron chi connectivity index (χ4n) is 5.67. The van der Waals surface area contributed by atoms with Crippen molar-refractivity contribution in [3.05, 3.63) is 114 Å². The normalized spacial score (nSPS) is 19.5. The zero-order chi connectivity index (χ0) is 28.2. The number of rotatable bonds is 8. The lowest BCUT2D eigenvalue weighted by Gasteiger charge is -2.49. The molecule has 0 amide bonds. The monoisotopic (exact) mass is 533 g/mol. The van der Waals surface area contributed by atoms with Gasteiger partial charge in [0.05, 0.1) is 37.7 Å². The highest BCUT2D eigenvalue weighted by molar-refractivity contribution is 5.86. The van der Waals surface area contributed by atoms with Gasteiger partial charge in [-0.15, -0.1) is 0 Å². The summed E-state index contributed by atoms with van der Waals surface area (Å²) in [5, 5.41) is 19.4. The van der Waals surface area contributed by atoms with Gasteiger partial charge in [-0.2, -0.15) is 5.26 Å². The van der Waals surface area contributed by atoms with Crippen molar-refractivity contribution < 1.29 is 28.9 Å². The highest BCUT2D eigenvalue weighted by Gasteiger charge is 2.60. The van der Waals surface area contributed by atoms with Crippen LogP contribution >= 0.6 is 0 Å². The number of carboxylic acids is 1. The Hall–Kier alpha value is -5.09. The van der Waals surface area contributed by atoms with Gasteiger partial charge in [0.25, 0.3) is 0 Å². The second-order valence-corrected chi connectivity index (χ2v) is 9.56. The smallest absolute Gasteiger partial charge is 0.315 e. The largest absolute Gasteiger partial charge is 0.496 e. The number of methoxy groups -OCH3 is 2. The number of carboxylic acid groups (broad SMARTS) is 1. The summed E-state index contributed by atoms with van der Waals surface area (Å²) in [6.07, 6.45) is 0. The quantitative estimate of drug-likeness (QED) is 0.217. The zero-order valence-corrected chi connectivity index (χ0v) is 22.0. The van der Waals surface area contributed by atoms with E-state index in [1.807, 2.05) is 18.2 Å². The molecule has 1 aliphatic carbocycles. The maximum absolute atomic E-state index is 13.9. The first-order valence-corrected chi connectivity index (χ1v) is 12.8. The van der Waals surface area contributed by atoms with E-state index in [4.69, 9.17) is 19.5 Å². The summed E-state index contributed by atoms with van der Waals surface area (Å²) in [6, 6.07) is 30.6. The van der Waals surface area contributed by atoms with Gasteiger partial charge in [-0.25, -0.2) is 0 Å². The van der Waals surface area contributed by atoms with Gasteiger partial charge in [-0.3, -0.25) is 9.59 Å². The van der Waals surface area contributed by atoms with Crippen LogP contribution in [-0.4, -0.2) is 31.3 Å². The van der Waals surface area contributed by atoms with Crippen molar-refractivity contribution in [2.75, 3.05) is 14.2 Å². The third kappa shape index (κ3) is 4.87.